The van der Waals surface area contributed by atoms with Crippen molar-refractivity contribution in [1.29, 1.82) is 0 Å². The van der Waals surface area contributed by atoms with Crippen molar-refractivity contribution in [3.05, 3.63) is 70.7 Å². The standard InChI is InChI=1S/C18H15BrOS/c1-20-16-7-9-18(19)15(10-16)12-21-17-8-6-13-4-2-3-5-14(13)11-17/h2-11H,12H2,1H3. The third-order valence-electron chi connectivity index (χ3n) is 3.37. The molecule has 3 aromatic rings. The second kappa shape index (κ2) is 6.54. The Morgan fingerprint density at radius 2 is 1.76 bits per heavy atom. The van der Waals surface area contributed by atoms with Gasteiger partial charge in [0.2, 0.25) is 0 Å². The number of fused-ring (bicyclic) bond motifs is 1. The van der Waals surface area contributed by atoms with Gasteiger partial charge in [0.15, 0.2) is 0 Å². The van der Waals surface area contributed by atoms with E-state index < -0.39 is 0 Å². The number of hydrogen-bond acceptors (Lipinski definition) is 2. The summed E-state index contributed by atoms with van der Waals surface area (Å²) < 4.78 is 6.41. The fourth-order valence-electron chi connectivity index (χ4n) is 2.21. The van der Waals surface area contributed by atoms with E-state index in [0.717, 1.165) is 16.0 Å². The maximum absolute atomic E-state index is 5.29. The molecule has 0 aromatic heterocycles. The number of methoxy groups -OCH3 is 1. The molecule has 0 N–H and O–H groups in total. The van der Waals surface area contributed by atoms with Gasteiger partial charge >= 0.3 is 0 Å². The molecule has 0 heterocycles. The van der Waals surface area contributed by atoms with E-state index in [1.807, 2.05) is 23.9 Å². The van der Waals surface area contributed by atoms with E-state index in [1.165, 1.54) is 21.2 Å². The van der Waals surface area contributed by atoms with Crippen LogP contribution in [-0.2, 0) is 5.75 Å². The van der Waals surface area contributed by atoms with Crippen LogP contribution in [0.15, 0.2) is 70.0 Å². The number of benzene rings is 3. The topological polar surface area (TPSA) is 9.23 Å². The first-order valence-electron chi connectivity index (χ1n) is 6.70. The first kappa shape index (κ1) is 14.5. The Kier molecular flexibility index (Phi) is 4.51. The molecular formula is C18H15BrOS. The van der Waals surface area contributed by atoms with Gasteiger partial charge in [-0.05, 0) is 46.7 Å². The SMILES string of the molecule is COc1ccc(Br)c(CSc2ccc3ccccc3c2)c1. The predicted octanol–water partition coefficient (Wildman–Crippen LogP) is 5.90. The number of ether oxygens (including phenoxy) is 1. The lowest BCUT2D eigenvalue weighted by Crippen LogP contribution is -1.87. The summed E-state index contributed by atoms with van der Waals surface area (Å²) in [6.07, 6.45) is 0. The molecule has 0 aliphatic rings. The third kappa shape index (κ3) is 3.42. The Balaban J connectivity index is 1.80. The lowest BCUT2D eigenvalue weighted by atomic mass is 10.1. The second-order valence-electron chi connectivity index (χ2n) is 4.75. The van der Waals surface area contributed by atoms with Crippen molar-refractivity contribution in [2.24, 2.45) is 0 Å². The Morgan fingerprint density at radius 1 is 0.952 bits per heavy atom. The monoisotopic (exact) mass is 358 g/mol. The predicted molar refractivity (Wildman–Crippen MR) is 94.2 cm³/mol. The first-order valence-corrected chi connectivity index (χ1v) is 8.48. The molecule has 1 nitrogen and oxygen atoms in total. The number of thioether (sulfide) groups is 1. The van der Waals surface area contributed by atoms with Crippen LogP contribution in [0.3, 0.4) is 0 Å². The van der Waals surface area contributed by atoms with Gasteiger partial charge in [-0.1, -0.05) is 46.3 Å². The van der Waals surface area contributed by atoms with Crippen molar-refractivity contribution >= 4 is 38.5 Å². The zero-order valence-electron chi connectivity index (χ0n) is 11.7. The smallest absolute Gasteiger partial charge is 0.119 e. The van der Waals surface area contributed by atoms with E-state index in [1.54, 1.807) is 7.11 Å². The Morgan fingerprint density at radius 3 is 2.57 bits per heavy atom. The van der Waals surface area contributed by atoms with Crippen LogP contribution in [0.25, 0.3) is 10.8 Å². The quantitative estimate of drug-likeness (QED) is 0.536. The molecule has 0 aliphatic carbocycles. The van der Waals surface area contributed by atoms with Gasteiger partial charge in [-0.2, -0.15) is 0 Å². The maximum atomic E-state index is 5.29. The molecule has 0 fully saturated rings. The van der Waals surface area contributed by atoms with Crippen LogP contribution in [0.1, 0.15) is 5.56 Å². The molecule has 3 aromatic carbocycles. The van der Waals surface area contributed by atoms with Crippen molar-refractivity contribution in [3.8, 4) is 5.75 Å². The molecule has 0 saturated carbocycles. The van der Waals surface area contributed by atoms with Crippen molar-refractivity contribution in [1.82, 2.24) is 0 Å². The van der Waals surface area contributed by atoms with Gasteiger partial charge in [0.1, 0.15) is 5.75 Å². The van der Waals surface area contributed by atoms with Gasteiger partial charge in [-0.15, -0.1) is 11.8 Å². The highest BCUT2D eigenvalue weighted by atomic mass is 79.9. The third-order valence-corrected chi connectivity index (χ3v) is 5.18. The Hall–Kier alpha value is -1.45. The molecule has 0 amide bonds. The van der Waals surface area contributed by atoms with Crippen LogP contribution in [0.4, 0.5) is 0 Å². The van der Waals surface area contributed by atoms with Crippen LogP contribution in [0.5, 0.6) is 5.75 Å². The van der Waals surface area contributed by atoms with E-state index in [4.69, 9.17) is 4.74 Å². The lowest BCUT2D eigenvalue weighted by molar-refractivity contribution is 0.414. The molecular weight excluding hydrogens is 344 g/mol. The Labute approximate surface area is 137 Å². The van der Waals surface area contributed by atoms with Crippen LogP contribution in [0, 0.1) is 0 Å². The largest absolute Gasteiger partial charge is 0.497 e. The van der Waals surface area contributed by atoms with Gasteiger partial charge < -0.3 is 4.74 Å². The summed E-state index contributed by atoms with van der Waals surface area (Å²) in [5.74, 6) is 1.81. The minimum absolute atomic E-state index is 0.896. The molecule has 0 unspecified atom stereocenters. The number of halogens is 1. The minimum Gasteiger partial charge on any atom is -0.497 e. The van der Waals surface area contributed by atoms with Gasteiger partial charge in [0.25, 0.3) is 0 Å². The summed E-state index contributed by atoms with van der Waals surface area (Å²) in [6.45, 7) is 0. The molecule has 0 atom stereocenters. The summed E-state index contributed by atoms with van der Waals surface area (Å²) in [5.41, 5.74) is 1.24. The fraction of sp³-hybridized carbons (Fsp3) is 0.111. The second-order valence-corrected chi connectivity index (χ2v) is 6.66. The molecule has 0 aliphatic heterocycles. The van der Waals surface area contributed by atoms with Crippen molar-refractivity contribution < 1.29 is 4.74 Å². The fourth-order valence-corrected chi connectivity index (χ4v) is 3.71. The van der Waals surface area contributed by atoms with Crippen molar-refractivity contribution in [3.63, 3.8) is 0 Å². The first-order chi connectivity index (χ1) is 10.3. The Bertz CT molecular complexity index is 770. The highest BCUT2D eigenvalue weighted by Crippen LogP contribution is 2.31. The minimum atomic E-state index is 0.896. The van der Waals surface area contributed by atoms with Crippen molar-refractivity contribution in [2.75, 3.05) is 7.11 Å². The number of hydrogen-bond donors (Lipinski definition) is 0. The molecule has 0 bridgehead atoms. The molecule has 3 heteroatoms. The van der Waals surface area contributed by atoms with Crippen LogP contribution >= 0.6 is 27.7 Å². The van der Waals surface area contributed by atoms with Gasteiger partial charge in [-0.25, -0.2) is 0 Å². The molecule has 0 spiro atoms. The summed E-state index contributed by atoms with van der Waals surface area (Å²) in [7, 11) is 1.70. The van der Waals surface area contributed by atoms with E-state index in [9.17, 15) is 0 Å². The van der Waals surface area contributed by atoms with E-state index in [0.29, 0.717) is 0 Å². The molecule has 0 saturated heterocycles. The summed E-state index contributed by atoms with van der Waals surface area (Å²) in [5, 5.41) is 2.57. The maximum Gasteiger partial charge on any atom is 0.119 e. The van der Waals surface area contributed by atoms with E-state index in [2.05, 4.69) is 64.5 Å². The lowest BCUT2D eigenvalue weighted by Gasteiger charge is -2.08. The number of rotatable bonds is 4. The normalized spacial score (nSPS) is 10.8. The van der Waals surface area contributed by atoms with Gasteiger partial charge in [0, 0.05) is 15.1 Å². The summed E-state index contributed by atoms with van der Waals surface area (Å²) >= 11 is 5.44. The molecule has 0 radical (unpaired) electrons. The zero-order valence-corrected chi connectivity index (χ0v) is 14.1. The summed E-state index contributed by atoms with van der Waals surface area (Å²) in [6, 6.07) is 21.1. The average Bonchev–Trinajstić information content (AvgIpc) is 2.54. The average molecular weight is 359 g/mol. The van der Waals surface area contributed by atoms with Crippen LogP contribution in [0.2, 0.25) is 0 Å². The summed E-state index contributed by atoms with van der Waals surface area (Å²) in [4.78, 5) is 1.28. The van der Waals surface area contributed by atoms with Crippen LogP contribution in [-0.4, -0.2) is 7.11 Å². The van der Waals surface area contributed by atoms with E-state index >= 15 is 0 Å². The van der Waals surface area contributed by atoms with E-state index in [-0.39, 0.29) is 0 Å². The molecule has 21 heavy (non-hydrogen) atoms. The molecule has 3 rings (SSSR count). The zero-order chi connectivity index (χ0) is 14.7. The molecule has 106 valence electrons. The highest BCUT2D eigenvalue weighted by Gasteiger charge is 2.04. The van der Waals surface area contributed by atoms with Crippen LogP contribution < -0.4 is 4.74 Å². The highest BCUT2D eigenvalue weighted by molar-refractivity contribution is 9.10. The van der Waals surface area contributed by atoms with Gasteiger partial charge in [-0.3, -0.25) is 0 Å². The van der Waals surface area contributed by atoms with Gasteiger partial charge in [0.05, 0.1) is 7.11 Å². The van der Waals surface area contributed by atoms with Crippen molar-refractivity contribution in [2.45, 2.75) is 10.6 Å².